The van der Waals surface area contributed by atoms with Gasteiger partial charge in [-0.2, -0.15) is 0 Å². The molecule has 0 aromatic heterocycles. The number of esters is 2. The molecular formula is C20H21N3O8. The fourth-order valence-electron chi connectivity index (χ4n) is 3.72. The molecule has 2 heterocycles. The van der Waals surface area contributed by atoms with Gasteiger partial charge < -0.3 is 25.3 Å². The number of rotatable bonds is 3. The van der Waals surface area contributed by atoms with E-state index in [0.717, 1.165) is 13.2 Å². The number of hydrogen-bond acceptors (Lipinski definition) is 9. The van der Waals surface area contributed by atoms with Crippen LogP contribution in [-0.2, 0) is 34.0 Å². The standard InChI is InChI=1S/C20H21N3O8/c1-9-13(17(25)31-19(2,3)4)20(14(15(21)30-9)16(24)29-5)11-8-10(23(27)28)6-7-12(11)22-18(20)26/h6-8H,21H2,1-5H3,(H,22,26). The Labute approximate surface area is 177 Å². The first-order valence-corrected chi connectivity index (χ1v) is 9.16. The van der Waals surface area contributed by atoms with Crippen molar-refractivity contribution in [2.75, 3.05) is 12.4 Å². The molecule has 1 aromatic rings. The van der Waals surface area contributed by atoms with Gasteiger partial charge in [0.2, 0.25) is 11.8 Å². The molecule has 11 nitrogen and oxygen atoms in total. The van der Waals surface area contributed by atoms with Gasteiger partial charge in [-0.15, -0.1) is 0 Å². The number of nitrogens with zero attached hydrogens (tertiary/aromatic N) is 1. The molecule has 0 bridgehead atoms. The van der Waals surface area contributed by atoms with Crippen LogP contribution in [-0.4, -0.2) is 35.5 Å². The zero-order chi connectivity index (χ0) is 23.3. The van der Waals surface area contributed by atoms with Crippen molar-refractivity contribution in [3.8, 4) is 0 Å². The van der Waals surface area contributed by atoms with E-state index >= 15 is 0 Å². The van der Waals surface area contributed by atoms with Crippen molar-refractivity contribution in [3.63, 3.8) is 0 Å². The predicted octanol–water partition coefficient (Wildman–Crippen LogP) is 1.77. The van der Waals surface area contributed by atoms with Crippen LogP contribution in [0.5, 0.6) is 0 Å². The van der Waals surface area contributed by atoms with Gasteiger partial charge in [-0.1, -0.05) is 0 Å². The lowest BCUT2D eigenvalue weighted by Crippen LogP contribution is -2.49. The zero-order valence-corrected chi connectivity index (χ0v) is 17.5. The summed E-state index contributed by atoms with van der Waals surface area (Å²) in [5.74, 6) is -3.37. The van der Waals surface area contributed by atoms with Gasteiger partial charge in [0.1, 0.15) is 27.9 Å². The first-order chi connectivity index (χ1) is 14.3. The second kappa shape index (κ2) is 7.11. The monoisotopic (exact) mass is 431 g/mol. The van der Waals surface area contributed by atoms with E-state index in [9.17, 15) is 24.5 Å². The van der Waals surface area contributed by atoms with Crippen LogP contribution in [0.2, 0.25) is 0 Å². The van der Waals surface area contributed by atoms with Gasteiger partial charge >= 0.3 is 11.9 Å². The molecule has 1 atom stereocenters. The van der Waals surface area contributed by atoms with Crippen LogP contribution in [0.1, 0.15) is 33.3 Å². The molecule has 1 spiro atoms. The molecule has 2 aliphatic heterocycles. The smallest absolute Gasteiger partial charge is 0.340 e. The number of allylic oxidation sites excluding steroid dienone is 1. The van der Waals surface area contributed by atoms with Crippen molar-refractivity contribution >= 4 is 29.2 Å². The summed E-state index contributed by atoms with van der Waals surface area (Å²) in [6.45, 7) is 6.24. The lowest BCUT2D eigenvalue weighted by Gasteiger charge is -2.36. The Morgan fingerprint density at radius 3 is 2.42 bits per heavy atom. The second-order valence-corrected chi connectivity index (χ2v) is 7.96. The highest BCUT2D eigenvalue weighted by Crippen LogP contribution is 2.53. The summed E-state index contributed by atoms with van der Waals surface area (Å²) in [5.41, 5.74) is 1.84. The lowest BCUT2D eigenvalue weighted by molar-refractivity contribution is -0.384. The molecule has 31 heavy (non-hydrogen) atoms. The van der Waals surface area contributed by atoms with E-state index in [-0.39, 0.29) is 28.3 Å². The van der Waals surface area contributed by atoms with Crippen LogP contribution in [0.25, 0.3) is 0 Å². The fourth-order valence-corrected chi connectivity index (χ4v) is 3.72. The van der Waals surface area contributed by atoms with E-state index < -0.39 is 45.2 Å². The minimum Gasteiger partial charge on any atom is -0.465 e. The van der Waals surface area contributed by atoms with Crippen molar-refractivity contribution in [1.29, 1.82) is 0 Å². The summed E-state index contributed by atoms with van der Waals surface area (Å²) in [5, 5.41) is 14.0. The summed E-state index contributed by atoms with van der Waals surface area (Å²) >= 11 is 0. The molecule has 1 unspecified atom stereocenters. The Hall–Kier alpha value is -3.89. The molecular weight excluding hydrogens is 410 g/mol. The number of nitrogens with two attached hydrogens (primary N) is 1. The SMILES string of the molecule is COC(=O)C1=C(N)OC(C)=C(C(=O)OC(C)(C)C)C12C(=O)Nc1ccc([N+](=O)[O-])cc12. The molecule has 3 N–H and O–H groups in total. The predicted molar refractivity (Wildman–Crippen MR) is 106 cm³/mol. The molecule has 0 saturated heterocycles. The van der Waals surface area contributed by atoms with Crippen molar-refractivity contribution in [1.82, 2.24) is 0 Å². The number of hydrogen-bond donors (Lipinski definition) is 2. The minimum absolute atomic E-state index is 0.0152. The number of carbonyl (C=O) groups is 3. The fraction of sp³-hybridized carbons (Fsp3) is 0.350. The normalized spacial score (nSPS) is 20.2. The molecule has 0 radical (unpaired) electrons. The first-order valence-electron chi connectivity index (χ1n) is 9.16. The number of carbonyl (C=O) groups excluding carboxylic acids is 3. The Morgan fingerprint density at radius 1 is 1.23 bits per heavy atom. The number of amides is 1. The zero-order valence-electron chi connectivity index (χ0n) is 17.5. The maximum atomic E-state index is 13.4. The van der Waals surface area contributed by atoms with E-state index in [1.54, 1.807) is 20.8 Å². The summed E-state index contributed by atoms with van der Waals surface area (Å²) < 4.78 is 15.7. The summed E-state index contributed by atoms with van der Waals surface area (Å²) in [6.07, 6.45) is 0. The largest absolute Gasteiger partial charge is 0.465 e. The third-order valence-corrected chi connectivity index (χ3v) is 4.81. The van der Waals surface area contributed by atoms with Crippen molar-refractivity contribution < 1.29 is 33.5 Å². The second-order valence-electron chi connectivity index (χ2n) is 7.96. The maximum absolute atomic E-state index is 13.4. The molecule has 1 aromatic carbocycles. The molecule has 1 amide bonds. The first kappa shape index (κ1) is 21.8. The molecule has 11 heteroatoms. The number of methoxy groups -OCH3 is 1. The molecule has 0 fully saturated rings. The third-order valence-electron chi connectivity index (χ3n) is 4.81. The summed E-state index contributed by atoms with van der Waals surface area (Å²) in [4.78, 5) is 50.1. The van der Waals surface area contributed by atoms with Crippen molar-refractivity contribution in [2.24, 2.45) is 5.73 Å². The summed E-state index contributed by atoms with van der Waals surface area (Å²) in [7, 11) is 1.07. The van der Waals surface area contributed by atoms with Crippen LogP contribution in [0.15, 0.2) is 41.0 Å². The van der Waals surface area contributed by atoms with Gasteiger partial charge in [0, 0.05) is 23.4 Å². The number of nitro groups is 1. The summed E-state index contributed by atoms with van der Waals surface area (Å²) in [6, 6.07) is 3.60. The van der Waals surface area contributed by atoms with Gasteiger partial charge in [0.25, 0.3) is 5.69 Å². The van der Waals surface area contributed by atoms with Crippen molar-refractivity contribution in [2.45, 2.75) is 38.7 Å². The Balaban J connectivity index is 2.42. The van der Waals surface area contributed by atoms with Gasteiger partial charge in [-0.25, -0.2) is 9.59 Å². The number of fused-ring (bicyclic) bond motifs is 2. The van der Waals surface area contributed by atoms with Crippen LogP contribution in [0.4, 0.5) is 11.4 Å². The number of benzene rings is 1. The quantitative estimate of drug-likeness (QED) is 0.413. The lowest BCUT2D eigenvalue weighted by atomic mass is 9.67. The van der Waals surface area contributed by atoms with Crippen LogP contribution >= 0.6 is 0 Å². The van der Waals surface area contributed by atoms with Crippen LogP contribution < -0.4 is 11.1 Å². The van der Waals surface area contributed by atoms with E-state index in [4.69, 9.17) is 19.9 Å². The van der Waals surface area contributed by atoms with Gasteiger partial charge in [-0.05, 0) is 33.8 Å². The molecule has 0 aliphatic carbocycles. The third kappa shape index (κ3) is 3.27. The Morgan fingerprint density at radius 2 is 1.87 bits per heavy atom. The highest BCUT2D eigenvalue weighted by molar-refractivity contribution is 6.21. The van der Waals surface area contributed by atoms with Gasteiger partial charge in [0.15, 0.2) is 0 Å². The number of nitro benzene ring substituents is 1. The minimum atomic E-state index is -2.16. The highest BCUT2D eigenvalue weighted by atomic mass is 16.6. The number of ether oxygens (including phenoxy) is 3. The van der Waals surface area contributed by atoms with Crippen LogP contribution in [0, 0.1) is 10.1 Å². The van der Waals surface area contributed by atoms with E-state index in [0.29, 0.717) is 0 Å². The average Bonchev–Trinajstić information content (AvgIpc) is 2.91. The molecule has 3 rings (SSSR count). The highest BCUT2D eigenvalue weighted by Gasteiger charge is 2.62. The number of non-ortho nitro benzene ring substituents is 1. The maximum Gasteiger partial charge on any atom is 0.340 e. The Kier molecular flexibility index (Phi) is 5.00. The van der Waals surface area contributed by atoms with Gasteiger partial charge in [-0.3, -0.25) is 14.9 Å². The topological polar surface area (TPSA) is 160 Å². The van der Waals surface area contributed by atoms with Gasteiger partial charge in [0.05, 0.1) is 12.0 Å². The molecule has 0 saturated carbocycles. The number of anilines is 1. The van der Waals surface area contributed by atoms with E-state index in [1.165, 1.54) is 19.1 Å². The van der Waals surface area contributed by atoms with E-state index in [2.05, 4.69) is 5.32 Å². The van der Waals surface area contributed by atoms with Crippen LogP contribution in [0.3, 0.4) is 0 Å². The average molecular weight is 431 g/mol. The van der Waals surface area contributed by atoms with Crippen molar-refractivity contribution in [3.05, 3.63) is 56.7 Å². The van der Waals surface area contributed by atoms with E-state index in [1.807, 2.05) is 0 Å². The Bertz CT molecular complexity index is 1100. The molecule has 2 aliphatic rings. The number of nitrogens with one attached hydrogen (secondary N) is 1. The molecule has 164 valence electrons.